The molecule has 1 atom stereocenters. The SMILES string of the molecule is COc1ccc(N2C(=O)C(C)CS2(=O)=O)cc1S(=O)(=O)NCc1ccccc1C. The Hall–Kier alpha value is -2.43. The molecule has 2 aromatic rings. The summed E-state index contributed by atoms with van der Waals surface area (Å²) >= 11 is 0. The topological polar surface area (TPSA) is 110 Å². The molecule has 2 aromatic carbocycles. The zero-order valence-corrected chi connectivity index (χ0v) is 17.9. The molecule has 1 aliphatic heterocycles. The lowest BCUT2D eigenvalue weighted by Gasteiger charge is -2.18. The van der Waals surface area contributed by atoms with Crippen molar-refractivity contribution in [3.05, 3.63) is 53.6 Å². The zero-order valence-electron chi connectivity index (χ0n) is 16.2. The van der Waals surface area contributed by atoms with Crippen molar-refractivity contribution in [2.45, 2.75) is 25.3 Å². The molecule has 0 aliphatic carbocycles. The number of nitrogens with one attached hydrogen (secondary N) is 1. The van der Waals surface area contributed by atoms with Crippen LogP contribution in [-0.4, -0.2) is 35.6 Å². The van der Waals surface area contributed by atoms with Gasteiger partial charge >= 0.3 is 0 Å². The van der Waals surface area contributed by atoms with E-state index in [2.05, 4.69) is 4.72 Å². The van der Waals surface area contributed by atoms with Gasteiger partial charge in [-0.2, -0.15) is 0 Å². The van der Waals surface area contributed by atoms with Gasteiger partial charge in [0.15, 0.2) is 0 Å². The van der Waals surface area contributed by atoms with E-state index >= 15 is 0 Å². The van der Waals surface area contributed by atoms with Crippen molar-refractivity contribution >= 4 is 31.6 Å². The average molecular weight is 439 g/mol. The summed E-state index contributed by atoms with van der Waals surface area (Å²) in [5.41, 5.74) is 1.70. The van der Waals surface area contributed by atoms with E-state index < -0.39 is 31.9 Å². The second-order valence-corrected chi connectivity index (χ2v) is 10.5. The number of methoxy groups -OCH3 is 1. The number of sulfonamides is 2. The van der Waals surface area contributed by atoms with Crippen LogP contribution in [0.25, 0.3) is 0 Å². The van der Waals surface area contributed by atoms with Crippen LogP contribution in [0.5, 0.6) is 5.75 Å². The van der Waals surface area contributed by atoms with E-state index in [0.29, 0.717) is 4.31 Å². The zero-order chi connectivity index (χ0) is 21.4. The lowest BCUT2D eigenvalue weighted by Crippen LogP contribution is -2.31. The Labute approximate surface area is 170 Å². The van der Waals surface area contributed by atoms with E-state index in [1.54, 1.807) is 0 Å². The molecular formula is C19H22N2O6S2. The average Bonchev–Trinajstić information content (AvgIpc) is 2.87. The van der Waals surface area contributed by atoms with Gasteiger partial charge in [0.1, 0.15) is 10.6 Å². The maximum Gasteiger partial charge on any atom is 0.244 e. The van der Waals surface area contributed by atoms with Crippen molar-refractivity contribution in [3.63, 3.8) is 0 Å². The van der Waals surface area contributed by atoms with Crippen LogP contribution in [0.3, 0.4) is 0 Å². The number of rotatable bonds is 6. The van der Waals surface area contributed by atoms with Crippen LogP contribution in [0.1, 0.15) is 18.1 Å². The first-order valence-electron chi connectivity index (χ1n) is 8.86. The standard InChI is InChI=1S/C19H22N2O6S2/c1-13-6-4-5-7-15(13)11-20-29(25,26)18-10-16(8-9-17(18)27-3)21-19(22)14(2)12-28(21,23)24/h4-10,14,20H,11-12H2,1-3H3. The number of benzene rings is 2. The highest BCUT2D eigenvalue weighted by atomic mass is 32.2. The van der Waals surface area contributed by atoms with E-state index in [1.165, 1.54) is 26.2 Å². The van der Waals surface area contributed by atoms with Crippen LogP contribution in [0, 0.1) is 12.8 Å². The summed E-state index contributed by atoms with van der Waals surface area (Å²) in [6.45, 7) is 3.45. The minimum absolute atomic E-state index is 0.0311. The van der Waals surface area contributed by atoms with Gasteiger partial charge < -0.3 is 4.74 Å². The van der Waals surface area contributed by atoms with Crippen molar-refractivity contribution in [2.75, 3.05) is 17.2 Å². The molecule has 1 fully saturated rings. The van der Waals surface area contributed by atoms with E-state index in [0.717, 1.165) is 17.2 Å². The Morgan fingerprint density at radius 1 is 1.21 bits per heavy atom. The smallest absolute Gasteiger partial charge is 0.244 e. The number of hydrogen-bond donors (Lipinski definition) is 1. The van der Waals surface area contributed by atoms with Crippen LogP contribution in [0.15, 0.2) is 47.4 Å². The van der Waals surface area contributed by atoms with E-state index in [9.17, 15) is 21.6 Å². The first-order valence-corrected chi connectivity index (χ1v) is 11.9. The third-order valence-electron chi connectivity index (χ3n) is 4.75. The van der Waals surface area contributed by atoms with Gasteiger partial charge in [-0.3, -0.25) is 4.79 Å². The lowest BCUT2D eigenvalue weighted by molar-refractivity contribution is -0.119. The molecule has 1 unspecified atom stereocenters. The molecule has 1 saturated heterocycles. The monoisotopic (exact) mass is 438 g/mol. The van der Waals surface area contributed by atoms with Crippen molar-refractivity contribution in [2.24, 2.45) is 5.92 Å². The van der Waals surface area contributed by atoms with Crippen molar-refractivity contribution in [1.29, 1.82) is 0 Å². The summed E-state index contributed by atoms with van der Waals surface area (Å²) in [6, 6.07) is 11.2. The van der Waals surface area contributed by atoms with E-state index in [-0.39, 0.29) is 28.6 Å². The summed E-state index contributed by atoms with van der Waals surface area (Å²) in [6.07, 6.45) is 0. The first kappa shape index (κ1) is 21.3. The Kier molecular flexibility index (Phi) is 5.70. The second-order valence-electron chi connectivity index (χ2n) is 6.87. The Bertz CT molecular complexity index is 1160. The molecule has 0 spiro atoms. The maximum atomic E-state index is 12.9. The van der Waals surface area contributed by atoms with Gasteiger partial charge in [-0.05, 0) is 36.2 Å². The summed E-state index contributed by atoms with van der Waals surface area (Å²) in [5.74, 6) is -1.55. The third kappa shape index (κ3) is 4.14. The van der Waals surface area contributed by atoms with Crippen LogP contribution in [-0.2, 0) is 31.4 Å². The Morgan fingerprint density at radius 2 is 1.90 bits per heavy atom. The minimum atomic E-state index is -4.05. The molecule has 8 nitrogen and oxygen atoms in total. The third-order valence-corrected chi connectivity index (χ3v) is 8.04. The molecule has 0 bridgehead atoms. The number of hydrogen-bond acceptors (Lipinski definition) is 6. The number of anilines is 1. The van der Waals surface area contributed by atoms with Crippen LogP contribution >= 0.6 is 0 Å². The van der Waals surface area contributed by atoms with Crippen molar-refractivity contribution in [1.82, 2.24) is 4.72 Å². The number of amides is 1. The van der Waals surface area contributed by atoms with Crippen LogP contribution in [0.2, 0.25) is 0 Å². The quantitative estimate of drug-likeness (QED) is 0.736. The van der Waals surface area contributed by atoms with Crippen LogP contribution < -0.4 is 13.8 Å². The van der Waals surface area contributed by atoms with E-state index in [4.69, 9.17) is 4.74 Å². The van der Waals surface area contributed by atoms with Gasteiger partial charge in [0.25, 0.3) is 0 Å². The molecule has 29 heavy (non-hydrogen) atoms. The molecule has 156 valence electrons. The Morgan fingerprint density at radius 3 is 2.48 bits per heavy atom. The number of carbonyl (C=O) groups excluding carboxylic acids is 1. The van der Waals surface area contributed by atoms with E-state index in [1.807, 2.05) is 31.2 Å². The molecule has 1 amide bonds. The van der Waals surface area contributed by atoms with Gasteiger partial charge in [-0.1, -0.05) is 31.2 Å². The molecule has 1 aliphatic rings. The summed E-state index contributed by atoms with van der Waals surface area (Å²) in [5, 5.41) is 0. The van der Waals surface area contributed by atoms with Crippen molar-refractivity contribution in [3.8, 4) is 5.75 Å². The number of aryl methyl sites for hydroxylation is 1. The normalized spacial score (nSPS) is 18.8. The highest BCUT2D eigenvalue weighted by Gasteiger charge is 2.42. The maximum absolute atomic E-state index is 12.9. The van der Waals surface area contributed by atoms with Gasteiger partial charge in [-0.15, -0.1) is 0 Å². The molecular weight excluding hydrogens is 416 g/mol. The number of nitrogens with zero attached hydrogens (tertiary/aromatic N) is 1. The highest BCUT2D eigenvalue weighted by Crippen LogP contribution is 2.33. The highest BCUT2D eigenvalue weighted by molar-refractivity contribution is 7.94. The fourth-order valence-corrected chi connectivity index (χ4v) is 6.15. The fraction of sp³-hybridized carbons (Fsp3) is 0.316. The van der Waals surface area contributed by atoms with Gasteiger partial charge in [0.2, 0.25) is 26.0 Å². The molecule has 10 heteroatoms. The first-order chi connectivity index (χ1) is 13.6. The second kappa shape index (κ2) is 7.77. The molecule has 0 saturated carbocycles. The predicted molar refractivity (Wildman–Crippen MR) is 109 cm³/mol. The molecule has 0 radical (unpaired) electrons. The van der Waals surface area contributed by atoms with Gasteiger partial charge in [0.05, 0.1) is 24.5 Å². The van der Waals surface area contributed by atoms with Gasteiger partial charge in [0, 0.05) is 6.54 Å². The molecule has 0 aromatic heterocycles. The number of carbonyl (C=O) groups is 1. The summed E-state index contributed by atoms with van der Waals surface area (Å²) in [4.78, 5) is 12.1. The molecule has 3 rings (SSSR count). The summed E-state index contributed by atoms with van der Waals surface area (Å²) < 4.78 is 58.9. The van der Waals surface area contributed by atoms with Crippen LogP contribution in [0.4, 0.5) is 5.69 Å². The fourth-order valence-electron chi connectivity index (χ4n) is 3.15. The lowest BCUT2D eigenvalue weighted by atomic mass is 10.1. The Balaban J connectivity index is 1.99. The van der Waals surface area contributed by atoms with Crippen molar-refractivity contribution < 1.29 is 26.4 Å². The largest absolute Gasteiger partial charge is 0.495 e. The minimum Gasteiger partial charge on any atom is -0.495 e. The predicted octanol–water partition coefficient (Wildman–Crippen LogP) is 1.79. The number of ether oxygens (including phenoxy) is 1. The van der Waals surface area contributed by atoms with Gasteiger partial charge in [-0.25, -0.2) is 25.9 Å². The molecule has 1 heterocycles. The summed E-state index contributed by atoms with van der Waals surface area (Å²) in [7, 11) is -6.58. The molecule has 1 N–H and O–H groups in total.